The Hall–Kier alpha value is -0.883. The van der Waals surface area contributed by atoms with Crippen LogP contribution >= 0.6 is 0 Å². The van der Waals surface area contributed by atoms with E-state index in [1.54, 1.807) is 28.4 Å². The fourth-order valence-electron chi connectivity index (χ4n) is 1.99. The lowest BCUT2D eigenvalue weighted by Crippen LogP contribution is -2.45. The predicted octanol–water partition coefficient (Wildman–Crippen LogP) is 2.27. The van der Waals surface area contributed by atoms with Crippen LogP contribution in [0.5, 0.6) is 5.75 Å². The standard InChI is InChI=1S/C13H22O4Si/c1-10-7-12(11(2)13(8-10)14-3)9-18(15-4,16-5)17-6/h7-8H,9H2,1-6H3. The molecular weight excluding hydrogens is 248 g/mol. The van der Waals surface area contributed by atoms with E-state index in [0.29, 0.717) is 6.04 Å². The number of rotatable bonds is 6. The summed E-state index contributed by atoms with van der Waals surface area (Å²) >= 11 is 0. The zero-order valence-corrected chi connectivity index (χ0v) is 13.0. The second-order valence-electron chi connectivity index (χ2n) is 4.22. The van der Waals surface area contributed by atoms with E-state index in [0.717, 1.165) is 22.4 Å². The minimum Gasteiger partial charge on any atom is -0.496 e. The summed E-state index contributed by atoms with van der Waals surface area (Å²) in [5.74, 6) is 0.885. The highest BCUT2D eigenvalue weighted by atomic mass is 28.4. The lowest BCUT2D eigenvalue weighted by atomic mass is 10.1. The molecule has 4 nitrogen and oxygen atoms in total. The SMILES string of the molecule is COc1cc(C)cc(C[Si](OC)(OC)OC)c1C. The van der Waals surface area contributed by atoms with Gasteiger partial charge in [0, 0.05) is 27.4 Å². The Morgan fingerprint density at radius 1 is 0.944 bits per heavy atom. The summed E-state index contributed by atoms with van der Waals surface area (Å²) in [4.78, 5) is 0. The first-order valence-corrected chi connectivity index (χ1v) is 7.74. The molecule has 0 saturated heterocycles. The Morgan fingerprint density at radius 2 is 1.50 bits per heavy atom. The fraction of sp³-hybridized carbons (Fsp3) is 0.538. The van der Waals surface area contributed by atoms with Gasteiger partial charge in [0.25, 0.3) is 0 Å². The predicted molar refractivity (Wildman–Crippen MR) is 73.0 cm³/mol. The molecular formula is C13H22O4Si. The van der Waals surface area contributed by atoms with Gasteiger partial charge in [0.05, 0.1) is 7.11 Å². The Balaban J connectivity index is 3.13. The molecule has 0 amide bonds. The molecule has 0 aliphatic heterocycles. The Morgan fingerprint density at radius 3 is 1.94 bits per heavy atom. The van der Waals surface area contributed by atoms with Crippen LogP contribution in [-0.4, -0.2) is 37.2 Å². The second-order valence-corrected chi connectivity index (χ2v) is 7.17. The minimum atomic E-state index is -2.60. The average Bonchev–Trinajstić information content (AvgIpc) is 2.39. The number of benzene rings is 1. The number of aryl methyl sites for hydroxylation is 1. The first-order chi connectivity index (χ1) is 8.51. The van der Waals surface area contributed by atoms with Crippen LogP contribution in [0.4, 0.5) is 0 Å². The van der Waals surface area contributed by atoms with Crippen LogP contribution in [0.25, 0.3) is 0 Å². The van der Waals surface area contributed by atoms with E-state index in [9.17, 15) is 0 Å². The van der Waals surface area contributed by atoms with Gasteiger partial charge in [-0.2, -0.15) is 0 Å². The van der Waals surface area contributed by atoms with Crippen molar-refractivity contribution in [2.45, 2.75) is 19.9 Å². The molecule has 0 atom stereocenters. The largest absolute Gasteiger partial charge is 0.504 e. The van der Waals surface area contributed by atoms with Crippen LogP contribution in [0.1, 0.15) is 16.7 Å². The van der Waals surface area contributed by atoms with Gasteiger partial charge in [-0.05, 0) is 36.6 Å². The lowest BCUT2D eigenvalue weighted by molar-refractivity contribution is 0.122. The highest BCUT2D eigenvalue weighted by Crippen LogP contribution is 2.26. The van der Waals surface area contributed by atoms with Crippen molar-refractivity contribution in [2.24, 2.45) is 0 Å². The van der Waals surface area contributed by atoms with E-state index in [1.165, 1.54) is 0 Å². The topological polar surface area (TPSA) is 36.9 Å². The van der Waals surface area contributed by atoms with Crippen molar-refractivity contribution in [3.8, 4) is 5.75 Å². The maximum atomic E-state index is 5.46. The molecule has 1 aromatic carbocycles. The molecule has 18 heavy (non-hydrogen) atoms. The van der Waals surface area contributed by atoms with Crippen molar-refractivity contribution >= 4 is 8.80 Å². The van der Waals surface area contributed by atoms with Crippen molar-refractivity contribution in [2.75, 3.05) is 28.4 Å². The quantitative estimate of drug-likeness (QED) is 0.743. The van der Waals surface area contributed by atoms with Crippen molar-refractivity contribution in [1.82, 2.24) is 0 Å². The maximum Gasteiger partial charge on any atom is 0.504 e. The lowest BCUT2D eigenvalue weighted by Gasteiger charge is -2.25. The molecule has 0 bridgehead atoms. The van der Waals surface area contributed by atoms with Crippen LogP contribution in [-0.2, 0) is 19.3 Å². The average molecular weight is 270 g/mol. The molecule has 0 aliphatic rings. The molecule has 0 fully saturated rings. The van der Waals surface area contributed by atoms with Gasteiger partial charge in [-0.25, -0.2) is 0 Å². The normalized spacial score (nSPS) is 11.7. The third-order valence-electron chi connectivity index (χ3n) is 3.17. The van der Waals surface area contributed by atoms with Gasteiger partial charge in [-0.3, -0.25) is 0 Å². The number of ether oxygens (including phenoxy) is 1. The van der Waals surface area contributed by atoms with Gasteiger partial charge in [0.1, 0.15) is 5.75 Å². The summed E-state index contributed by atoms with van der Waals surface area (Å²) in [6.45, 7) is 4.08. The van der Waals surface area contributed by atoms with E-state index in [1.807, 2.05) is 19.9 Å². The van der Waals surface area contributed by atoms with Crippen LogP contribution < -0.4 is 4.74 Å². The van der Waals surface area contributed by atoms with Crippen LogP contribution in [0.3, 0.4) is 0 Å². The summed E-state index contributed by atoms with van der Waals surface area (Å²) in [6, 6.07) is 4.78. The summed E-state index contributed by atoms with van der Waals surface area (Å²) < 4.78 is 21.8. The van der Waals surface area contributed by atoms with Crippen molar-refractivity contribution in [1.29, 1.82) is 0 Å². The van der Waals surface area contributed by atoms with E-state index >= 15 is 0 Å². The number of hydrogen-bond donors (Lipinski definition) is 0. The maximum absolute atomic E-state index is 5.46. The van der Waals surface area contributed by atoms with Crippen molar-refractivity contribution in [3.05, 3.63) is 28.8 Å². The van der Waals surface area contributed by atoms with Gasteiger partial charge in [0.15, 0.2) is 0 Å². The van der Waals surface area contributed by atoms with E-state index in [4.69, 9.17) is 18.0 Å². The highest BCUT2D eigenvalue weighted by molar-refractivity contribution is 6.60. The molecule has 0 N–H and O–H groups in total. The van der Waals surface area contributed by atoms with E-state index in [2.05, 4.69) is 6.07 Å². The van der Waals surface area contributed by atoms with E-state index < -0.39 is 8.80 Å². The molecule has 0 saturated carbocycles. The van der Waals surface area contributed by atoms with Gasteiger partial charge >= 0.3 is 8.80 Å². The third-order valence-corrected chi connectivity index (χ3v) is 5.85. The first kappa shape index (κ1) is 15.2. The molecule has 102 valence electrons. The van der Waals surface area contributed by atoms with E-state index in [-0.39, 0.29) is 0 Å². The summed E-state index contributed by atoms with van der Waals surface area (Å²) in [6.07, 6.45) is 0. The van der Waals surface area contributed by atoms with Gasteiger partial charge in [-0.15, -0.1) is 0 Å². The molecule has 0 aliphatic carbocycles. The first-order valence-electron chi connectivity index (χ1n) is 5.81. The Kier molecular flexibility index (Phi) is 5.34. The minimum absolute atomic E-state index is 0.639. The van der Waals surface area contributed by atoms with Gasteiger partial charge in [-0.1, -0.05) is 6.07 Å². The zero-order valence-electron chi connectivity index (χ0n) is 12.0. The van der Waals surface area contributed by atoms with Crippen LogP contribution in [0.2, 0.25) is 0 Å². The molecule has 1 aromatic rings. The fourth-order valence-corrected chi connectivity index (χ4v) is 3.76. The molecule has 0 unspecified atom stereocenters. The monoisotopic (exact) mass is 270 g/mol. The summed E-state index contributed by atoms with van der Waals surface area (Å²) in [7, 11) is 3.96. The number of methoxy groups -OCH3 is 1. The molecule has 5 heteroatoms. The van der Waals surface area contributed by atoms with Crippen LogP contribution in [0, 0.1) is 13.8 Å². The summed E-state index contributed by atoms with van der Waals surface area (Å²) in [5.41, 5.74) is 3.40. The molecule has 1 rings (SSSR count). The third kappa shape index (κ3) is 3.11. The Bertz CT molecular complexity index is 394. The smallest absolute Gasteiger partial charge is 0.496 e. The summed E-state index contributed by atoms with van der Waals surface area (Å²) in [5, 5.41) is 0. The van der Waals surface area contributed by atoms with Gasteiger partial charge in [0.2, 0.25) is 0 Å². The second kappa shape index (κ2) is 6.33. The molecule has 0 heterocycles. The Labute approximate surface area is 110 Å². The highest BCUT2D eigenvalue weighted by Gasteiger charge is 2.38. The zero-order chi connectivity index (χ0) is 13.8. The van der Waals surface area contributed by atoms with Crippen molar-refractivity contribution in [3.63, 3.8) is 0 Å². The van der Waals surface area contributed by atoms with Gasteiger partial charge < -0.3 is 18.0 Å². The van der Waals surface area contributed by atoms with Crippen molar-refractivity contribution < 1.29 is 18.0 Å². The van der Waals surface area contributed by atoms with Crippen LogP contribution in [0.15, 0.2) is 12.1 Å². The number of hydrogen-bond acceptors (Lipinski definition) is 4. The molecule has 0 aromatic heterocycles. The molecule has 0 radical (unpaired) electrons. The molecule has 0 spiro atoms.